The average molecular weight is 489 g/mol. The molecular weight excluding hydrogens is 464 g/mol. The number of ether oxygens (including phenoxy) is 1. The molecule has 1 heterocycles. The highest BCUT2D eigenvalue weighted by molar-refractivity contribution is 7.18. The lowest BCUT2D eigenvalue weighted by atomic mass is 10.1. The summed E-state index contributed by atoms with van der Waals surface area (Å²) in [5.41, 5.74) is 8.63. The van der Waals surface area contributed by atoms with E-state index >= 15 is 0 Å². The number of thiazole rings is 1. The largest absolute Gasteiger partial charge is 0.481 e. The van der Waals surface area contributed by atoms with Crippen LogP contribution in [0.15, 0.2) is 72.8 Å². The number of carbonyl (C=O) groups excluding carboxylic acids is 1. The lowest BCUT2D eigenvalue weighted by molar-refractivity contribution is -0.136. The molecule has 8 nitrogen and oxygen atoms in total. The summed E-state index contributed by atoms with van der Waals surface area (Å²) in [7, 11) is 0. The highest BCUT2D eigenvalue weighted by Gasteiger charge is 2.19. The molecule has 0 spiro atoms. The third-order valence-electron chi connectivity index (χ3n) is 5.34. The highest BCUT2D eigenvalue weighted by Crippen LogP contribution is 2.28. The first kappa shape index (κ1) is 23.9. The molecule has 0 atom stereocenters. The second-order valence-corrected chi connectivity index (χ2v) is 8.96. The zero-order chi connectivity index (χ0) is 24.8. The van der Waals surface area contributed by atoms with Crippen molar-refractivity contribution in [2.45, 2.75) is 19.3 Å². The summed E-state index contributed by atoms with van der Waals surface area (Å²) in [6, 6.07) is 21.7. The number of aromatic nitrogens is 1. The number of rotatable bonds is 9. The number of carboxylic acids is 1. The molecule has 0 saturated heterocycles. The number of para-hydroxylation sites is 1. The number of aliphatic carboxylic acids is 1. The second-order valence-electron chi connectivity index (χ2n) is 7.85. The molecule has 4 aromatic rings. The Morgan fingerprint density at radius 2 is 1.77 bits per heavy atom. The van der Waals surface area contributed by atoms with Crippen LogP contribution in [0.4, 0.5) is 10.5 Å². The maximum absolute atomic E-state index is 12.9. The van der Waals surface area contributed by atoms with Crippen LogP contribution in [0.1, 0.15) is 22.6 Å². The molecule has 0 unspecified atom stereocenters. The number of aryl methyl sites for hydroxylation is 2. The Kier molecular flexibility index (Phi) is 7.37. The topological polar surface area (TPSA) is 130 Å². The first-order valence-electron chi connectivity index (χ1n) is 11.0. The molecule has 4 N–H and O–H groups in total. The summed E-state index contributed by atoms with van der Waals surface area (Å²) in [6.45, 7) is -0.00529. The summed E-state index contributed by atoms with van der Waals surface area (Å²) in [5, 5.41) is 17.5. The molecule has 0 bridgehead atoms. The molecule has 0 fully saturated rings. The smallest absolute Gasteiger partial charge is 0.419 e. The number of carbonyl (C=O) groups is 2. The molecular formula is C26H24N4O4S. The fraction of sp³-hybridized carbons (Fsp3) is 0.154. The Morgan fingerprint density at radius 3 is 2.46 bits per heavy atom. The number of fused-ring (bicyclic) bond motifs is 1. The number of nitrogens with two attached hydrogens (primary N) is 1. The van der Waals surface area contributed by atoms with Crippen molar-refractivity contribution in [3.63, 3.8) is 0 Å². The Balaban J connectivity index is 1.44. The maximum atomic E-state index is 12.9. The standard InChI is InChI=1S/C26H24N4O4S/c27-25(28)18-9-6-17(7-10-18)8-13-23-29-21-16-20(11-12-22(21)35-23)34-26(33)30(15-14-24(31)32)19-4-2-1-3-5-19/h1-7,9-12,16H,8,13-15H2,(H3,27,28)(H,31,32). The van der Waals surface area contributed by atoms with Crippen molar-refractivity contribution in [1.82, 2.24) is 4.98 Å². The van der Waals surface area contributed by atoms with Gasteiger partial charge in [-0.2, -0.15) is 0 Å². The van der Waals surface area contributed by atoms with Crippen LogP contribution < -0.4 is 15.4 Å². The van der Waals surface area contributed by atoms with Crippen molar-refractivity contribution in [1.29, 1.82) is 5.41 Å². The van der Waals surface area contributed by atoms with Crippen LogP contribution in [0.25, 0.3) is 10.2 Å². The van der Waals surface area contributed by atoms with Gasteiger partial charge in [0.2, 0.25) is 0 Å². The average Bonchev–Trinajstić information content (AvgIpc) is 3.26. The Morgan fingerprint density at radius 1 is 1.03 bits per heavy atom. The molecule has 1 aromatic heterocycles. The molecule has 35 heavy (non-hydrogen) atoms. The van der Waals surface area contributed by atoms with Crippen LogP contribution in [-0.2, 0) is 17.6 Å². The molecule has 178 valence electrons. The van der Waals surface area contributed by atoms with Gasteiger partial charge in [-0.1, -0.05) is 42.5 Å². The lowest BCUT2D eigenvalue weighted by Gasteiger charge is -2.21. The quantitative estimate of drug-likeness (QED) is 0.228. The lowest BCUT2D eigenvalue weighted by Crippen LogP contribution is -2.35. The fourth-order valence-electron chi connectivity index (χ4n) is 3.52. The minimum Gasteiger partial charge on any atom is -0.481 e. The van der Waals surface area contributed by atoms with Gasteiger partial charge in [-0.05, 0) is 36.2 Å². The van der Waals surface area contributed by atoms with Gasteiger partial charge in [0.05, 0.1) is 21.6 Å². The Hall–Kier alpha value is -4.24. The number of anilines is 1. The summed E-state index contributed by atoms with van der Waals surface area (Å²) < 4.78 is 6.56. The van der Waals surface area contributed by atoms with Gasteiger partial charge in [0.15, 0.2) is 0 Å². The van der Waals surface area contributed by atoms with Gasteiger partial charge < -0.3 is 15.6 Å². The number of nitrogens with zero attached hydrogens (tertiary/aromatic N) is 2. The minimum atomic E-state index is -0.995. The maximum Gasteiger partial charge on any atom is 0.419 e. The van der Waals surface area contributed by atoms with E-state index in [2.05, 4.69) is 4.98 Å². The number of carboxylic acid groups (broad SMARTS) is 1. The Labute approximate surface area is 206 Å². The van der Waals surface area contributed by atoms with Crippen LogP contribution in [-0.4, -0.2) is 34.5 Å². The molecule has 0 radical (unpaired) electrons. The third kappa shape index (κ3) is 6.21. The van der Waals surface area contributed by atoms with Crippen LogP contribution >= 0.6 is 11.3 Å². The minimum absolute atomic E-state index is 0.00529. The molecule has 0 aliphatic heterocycles. The number of hydrogen-bond acceptors (Lipinski definition) is 6. The number of nitrogen functional groups attached to an aromatic ring is 1. The van der Waals surface area contributed by atoms with Gasteiger partial charge in [-0.25, -0.2) is 9.78 Å². The summed E-state index contributed by atoms with van der Waals surface area (Å²) in [5.74, 6) is -0.603. The predicted molar refractivity (Wildman–Crippen MR) is 137 cm³/mol. The van der Waals surface area contributed by atoms with Gasteiger partial charge in [0.25, 0.3) is 0 Å². The van der Waals surface area contributed by atoms with Crippen molar-refractivity contribution in [3.8, 4) is 5.75 Å². The van der Waals surface area contributed by atoms with E-state index in [4.69, 9.17) is 21.0 Å². The van der Waals surface area contributed by atoms with Gasteiger partial charge in [-0.15, -0.1) is 11.3 Å². The zero-order valence-corrected chi connectivity index (χ0v) is 19.6. The van der Waals surface area contributed by atoms with Crippen LogP contribution in [0.2, 0.25) is 0 Å². The SMILES string of the molecule is N=C(N)c1ccc(CCc2nc3cc(OC(=O)N(CCC(=O)O)c4ccccc4)ccc3s2)cc1. The molecule has 0 aliphatic rings. The Bertz CT molecular complexity index is 1350. The van der Waals surface area contributed by atoms with Gasteiger partial charge in [0.1, 0.15) is 11.6 Å². The van der Waals surface area contributed by atoms with Gasteiger partial charge in [-0.3, -0.25) is 15.1 Å². The first-order chi connectivity index (χ1) is 16.9. The van der Waals surface area contributed by atoms with E-state index in [1.807, 2.05) is 36.4 Å². The number of nitrogens with one attached hydrogen (secondary N) is 1. The summed E-state index contributed by atoms with van der Waals surface area (Å²) in [4.78, 5) is 29.9. The number of hydrogen-bond donors (Lipinski definition) is 3. The van der Waals surface area contributed by atoms with E-state index in [9.17, 15) is 9.59 Å². The zero-order valence-electron chi connectivity index (χ0n) is 18.8. The van der Waals surface area contributed by atoms with Gasteiger partial charge in [0, 0.05) is 30.3 Å². The number of benzene rings is 3. The monoisotopic (exact) mass is 488 g/mol. The van der Waals surface area contributed by atoms with E-state index < -0.39 is 12.1 Å². The summed E-state index contributed by atoms with van der Waals surface area (Å²) in [6.07, 6.45) is 0.706. The molecule has 0 saturated carbocycles. The molecule has 1 amide bonds. The van der Waals surface area contributed by atoms with E-state index in [0.29, 0.717) is 17.0 Å². The van der Waals surface area contributed by atoms with E-state index in [0.717, 1.165) is 33.6 Å². The predicted octanol–water partition coefficient (Wildman–Crippen LogP) is 4.85. The molecule has 0 aliphatic carbocycles. The van der Waals surface area contributed by atoms with E-state index in [1.54, 1.807) is 47.7 Å². The number of amidine groups is 1. The van der Waals surface area contributed by atoms with Crippen LogP contribution in [0.3, 0.4) is 0 Å². The van der Waals surface area contributed by atoms with Crippen molar-refractivity contribution >= 4 is 45.1 Å². The third-order valence-corrected chi connectivity index (χ3v) is 6.43. The van der Waals surface area contributed by atoms with Crippen LogP contribution in [0.5, 0.6) is 5.75 Å². The fourth-order valence-corrected chi connectivity index (χ4v) is 4.47. The summed E-state index contributed by atoms with van der Waals surface area (Å²) >= 11 is 1.59. The molecule has 4 rings (SSSR count). The highest BCUT2D eigenvalue weighted by atomic mass is 32.1. The van der Waals surface area contributed by atoms with Crippen molar-refractivity contribution in [2.24, 2.45) is 5.73 Å². The van der Waals surface area contributed by atoms with Crippen molar-refractivity contribution in [3.05, 3.63) is 88.9 Å². The molecule has 3 aromatic carbocycles. The number of amides is 1. The molecule has 9 heteroatoms. The van der Waals surface area contributed by atoms with E-state index in [-0.39, 0.29) is 18.8 Å². The van der Waals surface area contributed by atoms with Crippen molar-refractivity contribution in [2.75, 3.05) is 11.4 Å². The van der Waals surface area contributed by atoms with E-state index in [1.165, 1.54) is 4.90 Å². The van der Waals surface area contributed by atoms with Crippen molar-refractivity contribution < 1.29 is 19.4 Å². The second kappa shape index (κ2) is 10.8. The van der Waals surface area contributed by atoms with Gasteiger partial charge >= 0.3 is 12.1 Å². The first-order valence-corrected chi connectivity index (χ1v) is 11.8. The van der Waals surface area contributed by atoms with Crippen LogP contribution in [0, 0.1) is 5.41 Å². The normalized spacial score (nSPS) is 10.7.